The van der Waals surface area contributed by atoms with Crippen LogP contribution in [0.3, 0.4) is 0 Å². The largest absolute Gasteiger partial charge is 0.456 e. The van der Waals surface area contributed by atoms with E-state index in [1.807, 2.05) is 72.8 Å². The molecule has 0 saturated heterocycles. The van der Waals surface area contributed by atoms with Gasteiger partial charge in [-0.05, 0) is 66.7 Å². The van der Waals surface area contributed by atoms with E-state index in [9.17, 15) is 0 Å². The van der Waals surface area contributed by atoms with Crippen molar-refractivity contribution in [1.29, 1.82) is 0 Å². The molecule has 10 rings (SSSR count). The summed E-state index contributed by atoms with van der Waals surface area (Å²) >= 11 is 0. The normalized spacial score (nSPS) is 12.0. The van der Waals surface area contributed by atoms with Gasteiger partial charge < -0.3 is 13.3 Å². The summed E-state index contributed by atoms with van der Waals surface area (Å²) in [5.41, 5.74) is 9.50. The van der Waals surface area contributed by atoms with Crippen molar-refractivity contribution in [3.05, 3.63) is 133 Å². The fraction of sp³-hybridized carbons (Fsp3) is 0. The minimum Gasteiger partial charge on any atom is -0.456 e. The van der Waals surface area contributed by atoms with E-state index in [-0.39, 0.29) is 0 Å². The van der Waals surface area contributed by atoms with Gasteiger partial charge in [0.05, 0.1) is 11.4 Å². The Morgan fingerprint density at radius 1 is 0.311 bits per heavy atom. The average Bonchev–Trinajstić information content (AvgIpc) is 3.78. The van der Waals surface area contributed by atoms with Gasteiger partial charge >= 0.3 is 0 Å². The van der Waals surface area contributed by atoms with Crippen LogP contribution < -0.4 is 0 Å². The number of aromatic nitrogens is 2. The standard InChI is InChI=1S/C40H22N2O3/c1-4-10-34-26(7-1)29-16-13-23(20-38(29)44-34)32-22-33(24-14-17-30-27-8-2-5-11-35(27)45-39(30)21-24)42-40(41-32)25-15-18-37-31(19-25)28-9-3-6-12-36(28)43-37/h1-22H. The van der Waals surface area contributed by atoms with Crippen molar-refractivity contribution in [3.63, 3.8) is 0 Å². The second-order valence-electron chi connectivity index (χ2n) is 11.4. The van der Waals surface area contributed by atoms with E-state index in [2.05, 4.69) is 60.7 Å². The van der Waals surface area contributed by atoms with Crippen molar-refractivity contribution in [2.45, 2.75) is 0 Å². The third kappa shape index (κ3) is 3.74. The molecule has 210 valence electrons. The minimum atomic E-state index is 0.629. The van der Waals surface area contributed by atoms with Gasteiger partial charge in [-0.2, -0.15) is 0 Å². The van der Waals surface area contributed by atoms with E-state index < -0.39 is 0 Å². The Bertz CT molecular complexity index is 2650. The zero-order chi connectivity index (χ0) is 29.5. The maximum absolute atomic E-state index is 6.24. The molecule has 0 spiro atoms. The van der Waals surface area contributed by atoms with Crippen molar-refractivity contribution in [3.8, 4) is 33.9 Å². The molecule has 45 heavy (non-hydrogen) atoms. The Hall–Kier alpha value is -6.20. The SMILES string of the molecule is c1ccc2c(c1)oc1cc(-c3cc(-c4ccc5c(c4)oc4ccccc45)nc(-c4ccc5oc6ccccc6c5c4)n3)ccc12. The van der Waals surface area contributed by atoms with Crippen molar-refractivity contribution in [2.24, 2.45) is 0 Å². The van der Waals surface area contributed by atoms with Crippen molar-refractivity contribution in [2.75, 3.05) is 0 Å². The van der Waals surface area contributed by atoms with Crippen LogP contribution in [0.4, 0.5) is 0 Å². The summed E-state index contributed by atoms with van der Waals surface area (Å²) in [5, 5.41) is 6.46. The highest BCUT2D eigenvalue weighted by molar-refractivity contribution is 6.08. The van der Waals surface area contributed by atoms with Gasteiger partial charge in [0, 0.05) is 49.0 Å². The maximum atomic E-state index is 6.24. The van der Waals surface area contributed by atoms with E-state index in [0.29, 0.717) is 5.82 Å². The van der Waals surface area contributed by atoms with E-state index in [0.717, 1.165) is 93.9 Å². The van der Waals surface area contributed by atoms with Gasteiger partial charge in [0.2, 0.25) is 0 Å². The molecule has 4 aromatic heterocycles. The summed E-state index contributed by atoms with van der Waals surface area (Å²) in [5.74, 6) is 0.629. The first kappa shape index (κ1) is 24.3. The first-order valence-electron chi connectivity index (χ1n) is 14.9. The molecule has 0 aliphatic rings. The molecule has 0 amide bonds. The lowest BCUT2D eigenvalue weighted by Crippen LogP contribution is -1.96. The first-order chi connectivity index (χ1) is 22.2. The maximum Gasteiger partial charge on any atom is 0.160 e. The van der Waals surface area contributed by atoms with Crippen LogP contribution in [0.5, 0.6) is 0 Å². The number of nitrogens with zero attached hydrogens (tertiary/aromatic N) is 2. The van der Waals surface area contributed by atoms with Gasteiger partial charge in [0.1, 0.15) is 33.5 Å². The van der Waals surface area contributed by atoms with Crippen LogP contribution in [-0.2, 0) is 0 Å². The van der Waals surface area contributed by atoms with E-state index in [1.54, 1.807) is 0 Å². The zero-order valence-electron chi connectivity index (χ0n) is 23.8. The summed E-state index contributed by atoms with van der Waals surface area (Å²) < 4.78 is 18.6. The van der Waals surface area contributed by atoms with Crippen LogP contribution in [0.25, 0.3) is 99.7 Å². The first-order valence-corrected chi connectivity index (χ1v) is 14.9. The lowest BCUT2D eigenvalue weighted by molar-refractivity contribution is 0.668. The molecule has 0 bridgehead atoms. The predicted molar refractivity (Wildman–Crippen MR) is 180 cm³/mol. The van der Waals surface area contributed by atoms with Gasteiger partial charge in [0.15, 0.2) is 5.82 Å². The molecule has 0 saturated carbocycles. The highest BCUT2D eigenvalue weighted by Gasteiger charge is 2.16. The van der Waals surface area contributed by atoms with Gasteiger partial charge in [-0.15, -0.1) is 0 Å². The van der Waals surface area contributed by atoms with Crippen LogP contribution in [0.1, 0.15) is 0 Å². The average molecular weight is 579 g/mol. The molecule has 6 aromatic carbocycles. The lowest BCUT2D eigenvalue weighted by atomic mass is 10.0. The topological polar surface area (TPSA) is 65.2 Å². The number of rotatable bonds is 3. The Morgan fingerprint density at radius 2 is 0.733 bits per heavy atom. The number of para-hydroxylation sites is 3. The van der Waals surface area contributed by atoms with Gasteiger partial charge in [0.25, 0.3) is 0 Å². The number of furan rings is 3. The fourth-order valence-corrected chi connectivity index (χ4v) is 6.51. The van der Waals surface area contributed by atoms with Crippen LogP contribution >= 0.6 is 0 Å². The summed E-state index contributed by atoms with van der Waals surface area (Å²) in [6.45, 7) is 0. The number of benzene rings is 6. The van der Waals surface area contributed by atoms with Crippen molar-refractivity contribution < 1.29 is 13.3 Å². The molecule has 0 fully saturated rings. The quantitative estimate of drug-likeness (QED) is 0.209. The fourth-order valence-electron chi connectivity index (χ4n) is 6.51. The van der Waals surface area contributed by atoms with Gasteiger partial charge in [-0.1, -0.05) is 66.7 Å². The Labute approximate surface area is 256 Å². The smallest absolute Gasteiger partial charge is 0.160 e. The minimum absolute atomic E-state index is 0.629. The second kappa shape index (κ2) is 9.15. The lowest BCUT2D eigenvalue weighted by Gasteiger charge is -2.10. The molecule has 0 unspecified atom stereocenters. The zero-order valence-corrected chi connectivity index (χ0v) is 23.8. The van der Waals surface area contributed by atoms with Crippen LogP contribution in [0, 0.1) is 0 Å². The molecule has 0 atom stereocenters. The van der Waals surface area contributed by atoms with E-state index in [1.165, 1.54) is 0 Å². The van der Waals surface area contributed by atoms with E-state index in [4.69, 9.17) is 23.2 Å². The highest BCUT2D eigenvalue weighted by Crippen LogP contribution is 2.37. The summed E-state index contributed by atoms with van der Waals surface area (Å²) in [6.07, 6.45) is 0. The van der Waals surface area contributed by atoms with Crippen molar-refractivity contribution in [1.82, 2.24) is 9.97 Å². The van der Waals surface area contributed by atoms with Crippen LogP contribution in [-0.4, -0.2) is 9.97 Å². The molecule has 10 aromatic rings. The Balaban J connectivity index is 1.19. The Morgan fingerprint density at radius 3 is 1.29 bits per heavy atom. The number of hydrogen-bond acceptors (Lipinski definition) is 5. The summed E-state index contributed by atoms with van der Waals surface area (Å²) in [6, 6.07) is 45.1. The number of hydrogen-bond donors (Lipinski definition) is 0. The molecule has 0 radical (unpaired) electrons. The van der Waals surface area contributed by atoms with Crippen LogP contribution in [0.15, 0.2) is 147 Å². The summed E-state index contributed by atoms with van der Waals surface area (Å²) in [4.78, 5) is 10.2. The molecular weight excluding hydrogens is 556 g/mol. The molecule has 4 heterocycles. The van der Waals surface area contributed by atoms with Crippen LogP contribution in [0.2, 0.25) is 0 Å². The predicted octanol–water partition coefficient (Wildman–Crippen LogP) is 11.2. The van der Waals surface area contributed by atoms with E-state index >= 15 is 0 Å². The second-order valence-corrected chi connectivity index (χ2v) is 11.4. The monoisotopic (exact) mass is 578 g/mol. The third-order valence-electron chi connectivity index (χ3n) is 8.71. The molecule has 0 aliphatic carbocycles. The molecule has 0 N–H and O–H groups in total. The molecular formula is C40H22N2O3. The number of fused-ring (bicyclic) bond motifs is 9. The molecule has 5 heteroatoms. The third-order valence-corrected chi connectivity index (χ3v) is 8.71. The molecule has 5 nitrogen and oxygen atoms in total. The molecule has 0 aliphatic heterocycles. The summed E-state index contributed by atoms with van der Waals surface area (Å²) in [7, 11) is 0. The highest BCUT2D eigenvalue weighted by atomic mass is 16.3. The van der Waals surface area contributed by atoms with Gasteiger partial charge in [-0.3, -0.25) is 0 Å². The van der Waals surface area contributed by atoms with Gasteiger partial charge in [-0.25, -0.2) is 9.97 Å². The Kier molecular flexibility index (Phi) is 4.93. The van der Waals surface area contributed by atoms with Crippen molar-refractivity contribution >= 4 is 65.8 Å².